The molecule has 2 fully saturated rings. The lowest BCUT2D eigenvalue weighted by atomic mass is 9.75. The maximum atomic E-state index is 11.6. The molecule has 1 aliphatic heterocycles. The van der Waals surface area contributed by atoms with E-state index >= 15 is 0 Å². The maximum Gasteiger partial charge on any atom is 0.221 e. The van der Waals surface area contributed by atoms with Crippen molar-refractivity contribution in [2.24, 2.45) is 11.7 Å². The van der Waals surface area contributed by atoms with Crippen molar-refractivity contribution < 1.29 is 4.79 Å². The lowest BCUT2D eigenvalue weighted by molar-refractivity contribution is -0.123. The number of hydrogen-bond donors (Lipinski definition) is 2. The zero-order valence-corrected chi connectivity index (χ0v) is 9.94. The number of nitrogens with two attached hydrogens (primary N) is 1. The first-order valence-corrected chi connectivity index (χ1v) is 6.97. The molecule has 3 nitrogen and oxygen atoms in total. The van der Waals surface area contributed by atoms with Gasteiger partial charge in [-0.3, -0.25) is 4.79 Å². The van der Waals surface area contributed by atoms with Gasteiger partial charge in [0, 0.05) is 18.5 Å². The Morgan fingerprint density at radius 3 is 2.87 bits per heavy atom. The molecule has 15 heavy (non-hydrogen) atoms. The van der Waals surface area contributed by atoms with E-state index < -0.39 is 0 Å². The van der Waals surface area contributed by atoms with Gasteiger partial charge in [0.05, 0.1) is 0 Å². The quantitative estimate of drug-likeness (QED) is 0.758. The monoisotopic (exact) mass is 228 g/mol. The molecule has 0 aromatic rings. The molecule has 3 N–H and O–H groups in total. The zero-order chi connectivity index (χ0) is 10.7. The van der Waals surface area contributed by atoms with Gasteiger partial charge in [0.25, 0.3) is 0 Å². The van der Waals surface area contributed by atoms with Crippen LogP contribution in [-0.4, -0.2) is 29.5 Å². The molecule has 1 saturated heterocycles. The van der Waals surface area contributed by atoms with Gasteiger partial charge in [-0.15, -0.1) is 0 Å². The molecular formula is C11H20N2OS. The number of carbonyl (C=O) groups is 1. The van der Waals surface area contributed by atoms with Crippen LogP contribution in [0.4, 0.5) is 0 Å². The van der Waals surface area contributed by atoms with Crippen molar-refractivity contribution in [3.8, 4) is 0 Å². The zero-order valence-electron chi connectivity index (χ0n) is 9.13. The van der Waals surface area contributed by atoms with Gasteiger partial charge in [0.2, 0.25) is 5.91 Å². The molecule has 0 aromatic heterocycles. The maximum absolute atomic E-state index is 11.6. The molecule has 1 heterocycles. The van der Waals surface area contributed by atoms with Gasteiger partial charge >= 0.3 is 0 Å². The van der Waals surface area contributed by atoms with Crippen molar-refractivity contribution in [2.45, 2.75) is 37.6 Å². The summed E-state index contributed by atoms with van der Waals surface area (Å²) in [7, 11) is 0. The van der Waals surface area contributed by atoms with E-state index in [1.54, 1.807) is 0 Å². The van der Waals surface area contributed by atoms with Gasteiger partial charge in [-0.1, -0.05) is 0 Å². The van der Waals surface area contributed by atoms with E-state index in [9.17, 15) is 4.79 Å². The summed E-state index contributed by atoms with van der Waals surface area (Å²) in [5, 5.41) is 3.02. The van der Waals surface area contributed by atoms with Crippen molar-refractivity contribution in [1.29, 1.82) is 0 Å². The third-order valence-electron chi connectivity index (χ3n) is 3.47. The Labute approximate surface area is 95.6 Å². The lowest BCUT2D eigenvalue weighted by Crippen LogP contribution is -2.50. The molecule has 1 aliphatic carbocycles. The second kappa shape index (κ2) is 4.74. The molecule has 2 rings (SSSR count). The Bertz CT molecular complexity index is 235. The fourth-order valence-electron chi connectivity index (χ4n) is 2.19. The number of thioether (sulfide) groups is 1. The van der Waals surface area contributed by atoms with Crippen molar-refractivity contribution in [3.63, 3.8) is 0 Å². The minimum atomic E-state index is -0.172. The van der Waals surface area contributed by atoms with Crippen LogP contribution in [0, 0.1) is 5.92 Å². The molecule has 1 unspecified atom stereocenters. The van der Waals surface area contributed by atoms with Crippen LogP contribution in [0.1, 0.15) is 32.1 Å². The van der Waals surface area contributed by atoms with E-state index in [-0.39, 0.29) is 11.4 Å². The molecular weight excluding hydrogens is 208 g/mol. The number of hydrogen-bond acceptors (Lipinski definition) is 3. The Balaban J connectivity index is 1.63. The van der Waals surface area contributed by atoms with Gasteiger partial charge in [0.1, 0.15) is 0 Å². The molecule has 2 aliphatic rings. The summed E-state index contributed by atoms with van der Waals surface area (Å²) >= 11 is 1.99. The Morgan fingerprint density at radius 2 is 2.33 bits per heavy atom. The SMILES string of the molecule is NC1(CC(=O)NCC2CCSC2)CCC1. The summed E-state index contributed by atoms with van der Waals surface area (Å²) in [5.74, 6) is 3.29. The van der Waals surface area contributed by atoms with Gasteiger partial charge in [-0.05, 0) is 43.1 Å². The molecule has 4 heteroatoms. The Hall–Kier alpha value is -0.220. The summed E-state index contributed by atoms with van der Waals surface area (Å²) in [4.78, 5) is 11.6. The summed E-state index contributed by atoms with van der Waals surface area (Å²) in [6, 6.07) is 0. The van der Waals surface area contributed by atoms with Crippen LogP contribution in [0.2, 0.25) is 0 Å². The normalized spacial score (nSPS) is 28.5. The number of nitrogens with one attached hydrogen (secondary N) is 1. The standard InChI is InChI=1S/C11H20N2OS/c12-11(3-1-4-11)6-10(14)13-7-9-2-5-15-8-9/h9H,1-8,12H2,(H,13,14). The smallest absolute Gasteiger partial charge is 0.221 e. The first-order chi connectivity index (χ1) is 7.18. The van der Waals surface area contributed by atoms with Gasteiger partial charge < -0.3 is 11.1 Å². The molecule has 1 amide bonds. The predicted molar refractivity (Wildman–Crippen MR) is 63.8 cm³/mol. The summed E-state index contributed by atoms with van der Waals surface area (Å²) < 4.78 is 0. The third kappa shape index (κ3) is 3.11. The Kier molecular flexibility index (Phi) is 3.57. The third-order valence-corrected chi connectivity index (χ3v) is 4.71. The van der Waals surface area contributed by atoms with Crippen molar-refractivity contribution >= 4 is 17.7 Å². The van der Waals surface area contributed by atoms with Crippen LogP contribution in [0.15, 0.2) is 0 Å². The topological polar surface area (TPSA) is 55.1 Å². The average molecular weight is 228 g/mol. The highest BCUT2D eigenvalue weighted by molar-refractivity contribution is 7.99. The van der Waals surface area contributed by atoms with Crippen LogP contribution >= 0.6 is 11.8 Å². The Morgan fingerprint density at radius 1 is 1.53 bits per heavy atom. The average Bonchev–Trinajstić information content (AvgIpc) is 2.64. The lowest BCUT2D eigenvalue weighted by Gasteiger charge is -2.37. The van der Waals surface area contributed by atoms with Gasteiger partial charge in [-0.2, -0.15) is 11.8 Å². The first-order valence-electron chi connectivity index (χ1n) is 5.81. The van der Waals surface area contributed by atoms with Gasteiger partial charge in [-0.25, -0.2) is 0 Å². The highest BCUT2D eigenvalue weighted by Crippen LogP contribution is 2.32. The molecule has 86 valence electrons. The molecule has 0 spiro atoms. The largest absolute Gasteiger partial charge is 0.356 e. The molecule has 1 atom stereocenters. The van der Waals surface area contributed by atoms with E-state index in [4.69, 9.17) is 5.73 Å². The van der Waals surface area contributed by atoms with Crippen molar-refractivity contribution in [3.05, 3.63) is 0 Å². The number of carbonyl (C=O) groups excluding carboxylic acids is 1. The molecule has 0 bridgehead atoms. The van der Waals surface area contributed by atoms with Crippen LogP contribution in [0.5, 0.6) is 0 Å². The second-order valence-corrected chi connectivity index (χ2v) is 6.08. The summed E-state index contributed by atoms with van der Waals surface area (Å²) in [6.45, 7) is 0.849. The minimum absolute atomic E-state index is 0.147. The van der Waals surface area contributed by atoms with Crippen molar-refractivity contribution in [1.82, 2.24) is 5.32 Å². The molecule has 1 saturated carbocycles. The number of rotatable bonds is 4. The van der Waals surface area contributed by atoms with Crippen LogP contribution in [0.3, 0.4) is 0 Å². The fraction of sp³-hybridized carbons (Fsp3) is 0.909. The summed E-state index contributed by atoms with van der Waals surface area (Å²) in [6.07, 6.45) is 4.98. The highest BCUT2D eigenvalue weighted by Gasteiger charge is 2.34. The van der Waals surface area contributed by atoms with Crippen molar-refractivity contribution in [2.75, 3.05) is 18.1 Å². The number of amides is 1. The molecule has 0 aromatic carbocycles. The van der Waals surface area contributed by atoms with E-state index in [1.165, 1.54) is 24.3 Å². The molecule has 0 radical (unpaired) electrons. The second-order valence-electron chi connectivity index (χ2n) is 4.93. The van der Waals surface area contributed by atoms with Crippen LogP contribution in [-0.2, 0) is 4.79 Å². The highest BCUT2D eigenvalue weighted by atomic mass is 32.2. The van der Waals surface area contributed by atoms with E-state index in [0.717, 1.165) is 19.4 Å². The van der Waals surface area contributed by atoms with Crippen LogP contribution in [0.25, 0.3) is 0 Å². The van der Waals surface area contributed by atoms with Crippen LogP contribution < -0.4 is 11.1 Å². The minimum Gasteiger partial charge on any atom is -0.356 e. The summed E-state index contributed by atoms with van der Waals surface area (Å²) in [5.41, 5.74) is 5.85. The van der Waals surface area contributed by atoms with E-state index in [0.29, 0.717) is 12.3 Å². The van der Waals surface area contributed by atoms with E-state index in [2.05, 4.69) is 5.32 Å². The van der Waals surface area contributed by atoms with Gasteiger partial charge in [0.15, 0.2) is 0 Å². The first kappa shape index (κ1) is 11.3. The fourth-order valence-corrected chi connectivity index (χ4v) is 3.48. The predicted octanol–water partition coefficient (Wildman–Crippen LogP) is 1.13. The van der Waals surface area contributed by atoms with E-state index in [1.807, 2.05) is 11.8 Å².